The number of unbranched alkanes of at least 4 members (excludes halogenated alkanes) is 1. The van der Waals surface area contributed by atoms with Crippen LogP contribution in [0.15, 0.2) is 103 Å². The molecule has 49 heavy (non-hydrogen) atoms. The molecule has 3 nitrogen and oxygen atoms in total. The minimum Gasteiger partial charge on any atom is -0.189 e. The second-order valence-corrected chi connectivity index (χ2v) is 14.8. The zero-order valence-electron chi connectivity index (χ0n) is 30.2. The van der Waals surface area contributed by atoms with Crippen LogP contribution < -0.4 is 4.40 Å². The summed E-state index contributed by atoms with van der Waals surface area (Å²) >= 11 is 0. The summed E-state index contributed by atoms with van der Waals surface area (Å²) in [5, 5.41) is 9.49. The lowest BCUT2D eigenvalue weighted by Gasteiger charge is -2.46. The van der Waals surface area contributed by atoms with E-state index >= 15 is 0 Å². The Kier molecular flexibility index (Phi) is 7.52. The van der Waals surface area contributed by atoms with Crippen molar-refractivity contribution < 1.29 is 4.40 Å². The molecule has 0 amide bonds. The molecule has 7 aromatic rings. The maximum Gasteiger partial charge on any atom is 0.315 e. The number of pyridine rings is 1. The van der Waals surface area contributed by atoms with Crippen molar-refractivity contribution in [3.05, 3.63) is 125 Å². The normalized spacial score (nSPS) is 18.7. The summed E-state index contributed by atoms with van der Waals surface area (Å²) in [4.78, 5) is 0. The Bertz CT molecular complexity index is 2400. The molecule has 0 aliphatic carbocycles. The second-order valence-electron chi connectivity index (χ2n) is 14.8. The quantitative estimate of drug-likeness (QED) is 0.125. The van der Waals surface area contributed by atoms with Crippen molar-refractivity contribution in [1.82, 2.24) is 9.78 Å². The van der Waals surface area contributed by atoms with Crippen molar-refractivity contribution in [2.45, 2.75) is 91.5 Å². The molecule has 2 atom stereocenters. The smallest absolute Gasteiger partial charge is 0.189 e. The van der Waals surface area contributed by atoms with Gasteiger partial charge < -0.3 is 0 Å². The third-order valence-electron chi connectivity index (χ3n) is 12.3. The number of benzene rings is 5. The van der Waals surface area contributed by atoms with Gasteiger partial charge in [0.15, 0.2) is 0 Å². The van der Waals surface area contributed by atoms with Gasteiger partial charge in [-0.05, 0) is 102 Å². The highest BCUT2D eigenvalue weighted by atomic mass is 15.4. The van der Waals surface area contributed by atoms with Crippen molar-refractivity contribution in [3.63, 3.8) is 0 Å². The van der Waals surface area contributed by atoms with Crippen LogP contribution in [0.5, 0.6) is 0 Å². The number of fused-ring (bicyclic) bond motifs is 10. The summed E-state index contributed by atoms with van der Waals surface area (Å²) < 4.78 is 4.96. The van der Waals surface area contributed by atoms with E-state index in [1.54, 1.807) is 0 Å². The van der Waals surface area contributed by atoms with Crippen LogP contribution in [0.3, 0.4) is 0 Å². The number of rotatable bonds is 7. The molecule has 1 aliphatic rings. The van der Waals surface area contributed by atoms with Gasteiger partial charge in [0, 0.05) is 15.9 Å². The van der Waals surface area contributed by atoms with Crippen LogP contribution >= 0.6 is 0 Å². The van der Waals surface area contributed by atoms with Gasteiger partial charge in [0.1, 0.15) is 11.1 Å². The summed E-state index contributed by atoms with van der Waals surface area (Å²) in [6.45, 7) is 16.4. The summed E-state index contributed by atoms with van der Waals surface area (Å²) in [6.07, 6.45) is 5.57. The molecule has 0 radical (unpaired) electrons. The van der Waals surface area contributed by atoms with Crippen LogP contribution in [0.1, 0.15) is 82.6 Å². The highest BCUT2D eigenvalue weighted by Gasteiger charge is 2.56. The van der Waals surface area contributed by atoms with Crippen molar-refractivity contribution in [1.29, 1.82) is 0 Å². The fourth-order valence-electron chi connectivity index (χ4n) is 8.98. The Balaban J connectivity index is 1.53. The predicted octanol–water partition coefficient (Wildman–Crippen LogP) is 11.7. The summed E-state index contributed by atoms with van der Waals surface area (Å²) in [5.41, 5.74) is 13.7. The molecule has 0 N–H and O–H groups in total. The third-order valence-corrected chi connectivity index (χ3v) is 12.3. The first-order valence-corrected chi connectivity index (χ1v) is 18.3. The van der Waals surface area contributed by atoms with Crippen LogP contribution in [-0.4, -0.2) is 9.78 Å². The second kappa shape index (κ2) is 11.7. The molecule has 0 bridgehead atoms. The van der Waals surface area contributed by atoms with Crippen LogP contribution in [0, 0.1) is 13.8 Å². The lowest BCUT2D eigenvalue weighted by Crippen LogP contribution is -2.53. The molecule has 0 fully saturated rings. The van der Waals surface area contributed by atoms with E-state index in [1.807, 2.05) is 0 Å². The summed E-state index contributed by atoms with van der Waals surface area (Å²) in [7, 11) is 0. The first-order valence-electron chi connectivity index (χ1n) is 18.3. The summed E-state index contributed by atoms with van der Waals surface area (Å²) in [5.74, 6) is 1.18. The molecular formula is C46H48N3+. The van der Waals surface area contributed by atoms with E-state index in [2.05, 4.69) is 161 Å². The molecule has 0 saturated carbocycles. The fraction of sp³-hybridized carbons (Fsp3) is 0.304. The average molecular weight is 643 g/mol. The molecule has 1 aliphatic heterocycles. The van der Waals surface area contributed by atoms with E-state index in [1.165, 1.54) is 90.4 Å². The molecular weight excluding hydrogens is 595 g/mol. The fourth-order valence-corrected chi connectivity index (χ4v) is 8.98. The Morgan fingerprint density at radius 1 is 0.673 bits per heavy atom. The Labute approximate surface area is 291 Å². The maximum absolute atomic E-state index is 5.76. The average Bonchev–Trinajstić information content (AvgIpc) is 3.54. The van der Waals surface area contributed by atoms with E-state index in [-0.39, 0.29) is 11.0 Å². The number of hydrogen-bond donors (Lipinski definition) is 0. The van der Waals surface area contributed by atoms with Gasteiger partial charge in [-0.2, -0.15) is 4.40 Å². The highest BCUT2D eigenvalue weighted by molar-refractivity contribution is 6.15. The lowest BCUT2D eigenvalue weighted by molar-refractivity contribution is -0.470. The predicted molar refractivity (Wildman–Crippen MR) is 206 cm³/mol. The van der Waals surface area contributed by atoms with Crippen molar-refractivity contribution in [2.24, 2.45) is 0 Å². The Morgan fingerprint density at radius 3 is 2.18 bits per heavy atom. The minimum absolute atomic E-state index is 0.118. The molecule has 8 rings (SSSR count). The first-order chi connectivity index (χ1) is 23.8. The van der Waals surface area contributed by atoms with E-state index in [9.17, 15) is 0 Å². The summed E-state index contributed by atoms with van der Waals surface area (Å²) in [6, 6.07) is 38.7. The van der Waals surface area contributed by atoms with Gasteiger partial charge in [0.2, 0.25) is 0 Å². The standard InChI is InChI=1S/C46H48N3/c1-8-11-18-32-24-26-35(31(5)28-32)34-25-27-40-39(29-34)44-48-42-30(4)17-15-23-38(42)37-22-16-21-36(33-19-13-12-14-20-33)41(37)43(48)47-49(44)46(7,10-3)45(40,6)9-2/h12-17,19-29H,8-11,18H2,1-7H3/q+1. The number of hydrogen-bond acceptors (Lipinski definition) is 1. The lowest BCUT2D eigenvalue weighted by atomic mass is 9.61. The van der Waals surface area contributed by atoms with Gasteiger partial charge in [-0.3, -0.25) is 0 Å². The van der Waals surface area contributed by atoms with Gasteiger partial charge in [0.05, 0.1) is 10.9 Å². The number of nitrogens with zero attached hydrogens (tertiary/aromatic N) is 3. The molecule has 246 valence electrons. The van der Waals surface area contributed by atoms with Gasteiger partial charge in [-0.15, -0.1) is 0 Å². The third kappa shape index (κ3) is 4.47. The molecule has 0 saturated heterocycles. The number of aryl methyl sites for hydroxylation is 3. The molecule has 3 heterocycles. The Hall–Kier alpha value is -4.76. The van der Waals surface area contributed by atoms with Crippen LogP contribution in [0.25, 0.3) is 61.0 Å². The largest absolute Gasteiger partial charge is 0.315 e. The van der Waals surface area contributed by atoms with Crippen molar-refractivity contribution >= 4 is 27.3 Å². The van der Waals surface area contributed by atoms with Crippen molar-refractivity contribution in [2.75, 3.05) is 0 Å². The zero-order valence-corrected chi connectivity index (χ0v) is 30.2. The van der Waals surface area contributed by atoms with E-state index < -0.39 is 0 Å². The van der Waals surface area contributed by atoms with E-state index in [4.69, 9.17) is 5.10 Å². The molecule has 2 aromatic heterocycles. The first kappa shape index (κ1) is 31.5. The topological polar surface area (TPSA) is 21.9 Å². The van der Waals surface area contributed by atoms with Gasteiger partial charge in [-0.1, -0.05) is 136 Å². The van der Waals surface area contributed by atoms with E-state index in [0.29, 0.717) is 0 Å². The van der Waals surface area contributed by atoms with Crippen LogP contribution in [0.2, 0.25) is 0 Å². The number of aromatic nitrogens is 3. The van der Waals surface area contributed by atoms with Gasteiger partial charge in [0.25, 0.3) is 5.82 Å². The van der Waals surface area contributed by atoms with Gasteiger partial charge >= 0.3 is 5.65 Å². The Morgan fingerprint density at radius 2 is 1.45 bits per heavy atom. The van der Waals surface area contributed by atoms with Crippen LogP contribution in [0.4, 0.5) is 0 Å². The maximum atomic E-state index is 5.76. The number of para-hydroxylation sites is 1. The molecule has 3 heteroatoms. The SMILES string of the molecule is CCCCc1ccc(-c2ccc3c(c2)-c2n(nc4c5c(-c6ccccc6)cccc5c5cccc(C)c5[n+]24)C(C)(CC)C3(C)CC)c(C)c1. The monoisotopic (exact) mass is 642 g/mol. The van der Waals surface area contributed by atoms with Crippen molar-refractivity contribution in [3.8, 4) is 33.6 Å². The minimum atomic E-state index is -0.239. The van der Waals surface area contributed by atoms with Crippen LogP contribution in [-0.2, 0) is 17.4 Å². The van der Waals surface area contributed by atoms with Gasteiger partial charge in [-0.25, -0.2) is 0 Å². The molecule has 0 spiro atoms. The highest BCUT2D eigenvalue weighted by Crippen LogP contribution is 2.53. The molecule has 2 unspecified atom stereocenters. The molecule has 5 aromatic carbocycles. The van der Waals surface area contributed by atoms with E-state index in [0.717, 1.165) is 24.9 Å². The zero-order chi connectivity index (χ0) is 34.1.